The van der Waals surface area contributed by atoms with Crippen LogP contribution < -0.4 is 14.2 Å². The number of hydrogen-bond donors (Lipinski definition) is 1. The van der Waals surface area contributed by atoms with Gasteiger partial charge in [0, 0.05) is 5.56 Å². The first-order valence-corrected chi connectivity index (χ1v) is 8.14. The number of carbonyl (C=O) groups is 1. The first-order valence-electron chi connectivity index (χ1n) is 8.14. The molecule has 0 atom stereocenters. The fraction of sp³-hybridized carbons (Fsp3) is 0.158. The van der Waals surface area contributed by atoms with Crippen molar-refractivity contribution in [3.05, 3.63) is 48.0 Å². The lowest BCUT2D eigenvalue weighted by Crippen LogP contribution is -2.03. The van der Waals surface area contributed by atoms with Crippen LogP contribution in [0.15, 0.2) is 47.6 Å². The quantitative estimate of drug-likeness (QED) is 0.467. The second-order valence-electron chi connectivity index (χ2n) is 5.44. The largest absolute Gasteiger partial charge is 0.481 e. The van der Waals surface area contributed by atoms with Crippen LogP contribution in [0.25, 0.3) is 10.8 Å². The van der Waals surface area contributed by atoms with Gasteiger partial charge in [0.25, 0.3) is 0 Å². The van der Waals surface area contributed by atoms with Gasteiger partial charge in [-0.1, -0.05) is 35.5 Å². The molecule has 9 heteroatoms. The molecule has 1 heterocycles. The van der Waals surface area contributed by atoms with Gasteiger partial charge in [-0.15, -0.1) is 0 Å². The van der Waals surface area contributed by atoms with Crippen molar-refractivity contribution >= 4 is 23.0 Å². The second kappa shape index (κ2) is 8.67. The summed E-state index contributed by atoms with van der Waals surface area (Å²) < 4.78 is 16.1. The first-order chi connectivity index (χ1) is 13.6. The molecular weight excluding hydrogens is 366 g/mol. The first kappa shape index (κ1) is 18.9. The number of carboxylic acids is 1. The van der Waals surface area contributed by atoms with Crippen molar-refractivity contribution in [3.8, 4) is 23.5 Å². The predicted octanol–water partition coefficient (Wildman–Crippen LogP) is 2.87. The van der Waals surface area contributed by atoms with Crippen LogP contribution in [0.3, 0.4) is 0 Å². The zero-order chi connectivity index (χ0) is 19.9. The van der Waals surface area contributed by atoms with Gasteiger partial charge in [0.2, 0.25) is 18.4 Å². The van der Waals surface area contributed by atoms with E-state index in [1.54, 1.807) is 6.07 Å². The summed E-state index contributed by atoms with van der Waals surface area (Å²) in [6.07, 6.45) is 1.39. The monoisotopic (exact) mass is 383 g/mol. The molecule has 144 valence electrons. The van der Waals surface area contributed by atoms with Crippen molar-refractivity contribution in [2.45, 2.75) is 0 Å². The zero-order valence-corrected chi connectivity index (χ0v) is 15.2. The predicted molar refractivity (Wildman–Crippen MR) is 100 cm³/mol. The molecular formula is C19H17N3O6. The Labute approximate surface area is 160 Å². The lowest BCUT2D eigenvalue weighted by atomic mass is 10.0. The highest BCUT2D eigenvalue weighted by atomic mass is 16.6. The van der Waals surface area contributed by atoms with E-state index in [2.05, 4.69) is 15.1 Å². The van der Waals surface area contributed by atoms with Crippen LogP contribution in [-0.4, -0.2) is 48.1 Å². The maximum Gasteiger partial charge on any atom is 0.344 e. The fourth-order valence-corrected chi connectivity index (χ4v) is 2.42. The Kier molecular flexibility index (Phi) is 5.85. The molecule has 0 aliphatic heterocycles. The Morgan fingerprint density at radius 2 is 1.82 bits per heavy atom. The van der Waals surface area contributed by atoms with E-state index in [9.17, 15) is 4.79 Å². The molecule has 0 fully saturated rings. The van der Waals surface area contributed by atoms with Crippen molar-refractivity contribution in [3.63, 3.8) is 0 Å². The topological polar surface area (TPSA) is 112 Å². The lowest BCUT2D eigenvalue weighted by Gasteiger charge is -2.11. The standard InChI is InChI=1S/C19H17N3O6/c1-25-16-9-17(26-2)22-19(21-16)28-15-8-7-12-5-3-4-6-13(12)14(15)10-20-27-11-18(23)24/h3-10H,11H2,1-2H3,(H,23,24)/b20-10+. The number of fused-ring (bicyclic) bond motifs is 1. The van der Waals surface area contributed by atoms with E-state index in [-0.39, 0.29) is 17.8 Å². The molecule has 0 unspecified atom stereocenters. The van der Waals surface area contributed by atoms with Crippen LogP contribution in [0.5, 0.6) is 23.5 Å². The molecule has 0 saturated carbocycles. The van der Waals surface area contributed by atoms with Gasteiger partial charge >= 0.3 is 12.0 Å². The third-order valence-corrected chi connectivity index (χ3v) is 3.65. The molecule has 0 amide bonds. The van der Waals surface area contributed by atoms with Crippen molar-refractivity contribution in [1.29, 1.82) is 0 Å². The van der Waals surface area contributed by atoms with Gasteiger partial charge in [0.15, 0.2) is 0 Å². The number of hydrogen-bond acceptors (Lipinski definition) is 8. The summed E-state index contributed by atoms with van der Waals surface area (Å²) in [6.45, 7) is -0.548. The minimum Gasteiger partial charge on any atom is -0.481 e. The van der Waals surface area contributed by atoms with E-state index >= 15 is 0 Å². The van der Waals surface area contributed by atoms with Gasteiger partial charge in [-0.25, -0.2) is 4.79 Å². The number of aliphatic carboxylic acids is 1. The number of rotatable bonds is 8. The molecule has 0 spiro atoms. The molecule has 0 bridgehead atoms. The van der Waals surface area contributed by atoms with Crippen LogP contribution in [-0.2, 0) is 9.63 Å². The SMILES string of the molecule is COc1cc(OC)nc(Oc2ccc3ccccc3c2/C=N/OCC(=O)O)n1. The normalized spacial score (nSPS) is 10.8. The van der Waals surface area contributed by atoms with Crippen LogP contribution in [0.4, 0.5) is 0 Å². The highest BCUT2D eigenvalue weighted by Crippen LogP contribution is 2.30. The number of oxime groups is 1. The van der Waals surface area contributed by atoms with Crippen LogP contribution in [0.1, 0.15) is 5.56 Å². The molecule has 0 aliphatic rings. The number of aromatic nitrogens is 2. The molecule has 3 aromatic rings. The van der Waals surface area contributed by atoms with Crippen LogP contribution in [0.2, 0.25) is 0 Å². The van der Waals surface area contributed by atoms with Gasteiger partial charge in [-0.3, -0.25) is 0 Å². The Morgan fingerprint density at radius 1 is 1.11 bits per heavy atom. The highest BCUT2D eigenvalue weighted by molar-refractivity contribution is 6.02. The molecule has 1 N–H and O–H groups in total. The van der Waals surface area contributed by atoms with Crippen LogP contribution >= 0.6 is 0 Å². The minimum absolute atomic E-state index is 0.0209. The molecule has 3 rings (SSSR count). The van der Waals surface area contributed by atoms with Gasteiger partial charge in [0.05, 0.1) is 26.5 Å². The van der Waals surface area contributed by atoms with Crippen LogP contribution in [0, 0.1) is 0 Å². The van der Waals surface area contributed by atoms with E-state index in [0.29, 0.717) is 11.3 Å². The Morgan fingerprint density at radius 3 is 2.50 bits per heavy atom. The number of carboxylic acid groups (broad SMARTS) is 1. The van der Waals surface area contributed by atoms with E-state index < -0.39 is 12.6 Å². The Hall–Kier alpha value is -3.88. The second-order valence-corrected chi connectivity index (χ2v) is 5.44. The number of ether oxygens (including phenoxy) is 3. The summed E-state index contributed by atoms with van der Waals surface area (Å²) in [4.78, 5) is 23.7. The summed E-state index contributed by atoms with van der Waals surface area (Å²) in [7, 11) is 2.94. The van der Waals surface area contributed by atoms with E-state index in [4.69, 9.17) is 24.2 Å². The minimum atomic E-state index is -1.12. The molecule has 1 aromatic heterocycles. The molecule has 0 saturated heterocycles. The summed E-state index contributed by atoms with van der Waals surface area (Å²) >= 11 is 0. The number of nitrogens with zero attached hydrogens (tertiary/aromatic N) is 3. The van der Waals surface area contributed by atoms with E-state index in [1.165, 1.54) is 26.5 Å². The zero-order valence-electron chi connectivity index (χ0n) is 15.2. The van der Waals surface area contributed by atoms with Gasteiger partial charge in [0.1, 0.15) is 5.75 Å². The average Bonchev–Trinajstić information content (AvgIpc) is 2.71. The molecule has 28 heavy (non-hydrogen) atoms. The summed E-state index contributed by atoms with van der Waals surface area (Å²) in [5.74, 6) is -0.162. The van der Waals surface area contributed by atoms with E-state index in [1.807, 2.05) is 30.3 Å². The highest BCUT2D eigenvalue weighted by Gasteiger charge is 2.12. The summed E-state index contributed by atoms with van der Waals surface area (Å²) in [6, 6.07) is 12.7. The third kappa shape index (κ3) is 4.44. The van der Waals surface area contributed by atoms with Gasteiger partial charge in [-0.05, 0) is 16.8 Å². The molecule has 9 nitrogen and oxygen atoms in total. The summed E-state index contributed by atoms with van der Waals surface area (Å²) in [5, 5.41) is 14.2. The van der Waals surface area contributed by atoms with Crippen molar-refractivity contribution in [2.75, 3.05) is 20.8 Å². The lowest BCUT2D eigenvalue weighted by molar-refractivity contribution is -0.142. The van der Waals surface area contributed by atoms with Crippen molar-refractivity contribution in [2.24, 2.45) is 5.16 Å². The average molecular weight is 383 g/mol. The fourth-order valence-electron chi connectivity index (χ4n) is 2.42. The number of methoxy groups -OCH3 is 2. The van der Waals surface area contributed by atoms with E-state index in [0.717, 1.165) is 10.8 Å². The maximum atomic E-state index is 10.6. The Bertz CT molecular complexity index is 999. The van der Waals surface area contributed by atoms with Gasteiger partial charge in [-0.2, -0.15) is 9.97 Å². The summed E-state index contributed by atoms with van der Waals surface area (Å²) in [5.41, 5.74) is 0.578. The maximum absolute atomic E-state index is 10.6. The van der Waals surface area contributed by atoms with Gasteiger partial charge < -0.3 is 24.2 Å². The smallest absolute Gasteiger partial charge is 0.344 e. The number of benzene rings is 2. The molecule has 0 aliphatic carbocycles. The molecule has 0 radical (unpaired) electrons. The third-order valence-electron chi connectivity index (χ3n) is 3.65. The van der Waals surface area contributed by atoms with Crippen molar-refractivity contribution < 1.29 is 28.9 Å². The van der Waals surface area contributed by atoms with Crippen molar-refractivity contribution in [1.82, 2.24) is 9.97 Å². The molecule has 2 aromatic carbocycles. The Balaban J connectivity index is 2.00.